The second-order valence-electron chi connectivity index (χ2n) is 13.3. The first kappa shape index (κ1) is 31.2. The minimum Gasteiger partial charge on any atom is -0.462 e. The van der Waals surface area contributed by atoms with Crippen molar-refractivity contribution in [1.82, 2.24) is 5.43 Å². The SMILES string of the molecule is CC1=C/C(=N/NC(N)=O)[C@H](C(=O)O[C@@H]2C[C@H](C)CC[C@@H]2C(C)C)[C@H](C)[C@@H]1C(=O)O[C@@H]1C[C@H](C)CC[C@@H]1C(C)C. The van der Waals surface area contributed by atoms with Gasteiger partial charge in [0.1, 0.15) is 18.1 Å². The van der Waals surface area contributed by atoms with Crippen LogP contribution in [0.2, 0.25) is 0 Å². The van der Waals surface area contributed by atoms with Gasteiger partial charge in [0.05, 0.1) is 11.6 Å². The first-order valence-corrected chi connectivity index (χ1v) is 15.0. The molecule has 0 spiro atoms. The Kier molecular flexibility index (Phi) is 10.6. The minimum atomic E-state index is -0.825. The average Bonchev–Trinajstić information content (AvgIpc) is 2.82. The molecule has 0 aliphatic heterocycles. The monoisotopic (exact) mass is 545 g/mol. The molecule has 0 aromatic rings. The zero-order valence-electron chi connectivity index (χ0n) is 25.2. The summed E-state index contributed by atoms with van der Waals surface area (Å²) in [6.45, 7) is 16.8. The number of hydrogen-bond acceptors (Lipinski definition) is 6. The van der Waals surface area contributed by atoms with Gasteiger partial charge in [0.25, 0.3) is 0 Å². The fourth-order valence-electron chi connectivity index (χ4n) is 7.19. The van der Waals surface area contributed by atoms with Crippen molar-refractivity contribution >= 4 is 23.7 Å². The molecule has 8 nitrogen and oxygen atoms in total. The van der Waals surface area contributed by atoms with E-state index >= 15 is 0 Å². The van der Waals surface area contributed by atoms with Gasteiger partial charge < -0.3 is 15.2 Å². The van der Waals surface area contributed by atoms with E-state index in [0.717, 1.165) is 44.1 Å². The highest BCUT2D eigenvalue weighted by molar-refractivity contribution is 6.11. The van der Waals surface area contributed by atoms with E-state index in [2.05, 4.69) is 52.1 Å². The number of amides is 2. The molecule has 39 heavy (non-hydrogen) atoms. The normalized spacial score (nSPS) is 36.4. The zero-order chi connectivity index (χ0) is 29.0. The number of nitrogens with one attached hydrogen (secondary N) is 1. The summed E-state index contributed by atoms with van der Waals surface area (Å²) in [5.74, 6) is -0.198. The Bertz CT molecular complexity index is 958. The van der Waals surface area contributed by atoms with Crippen LogP contribution in [0, 0.1) is 53.3 Å². The van der Waals surface area contributed by atoms with Gasteiger partial charge in [-0.25, -0.2) is 10.2 Å². The fraction of sp³-hybridized carbons (Fsp3) is 0.806. The van der Waals surface area contributed by atoms with Crippen LogP contribution >= 0.6 is 0 Å². The van der Waals surface area contributed by atoms with Crippen LogP contribution in [0.25, 0.3) is 0 Å². The highest BCUT2D eigenvalue weighted by Crippen LogP contribution is 2.41. The molecular formula is C31H51N3O5. The quantitative estimate of drug-likeness (QED) is 0.307. The van der Waals surface area contributed by atoms with E-state index in [1.54, 1.807) is 6.08 Å². The van der Waals surface area contributed by atoms with Crippen LogP contribution in [0.5, 0.6) is 0 Å². The van der Waals surface area contributed by atoms with E-state index in [0.29, 0.717) is 35.3 Å². The van der Waals surface area contributed by atoms with Crippen molar-refractivity contribution in [1.29, 1.82) is 0 Å². The molecule has 0 aromatic carbocycles. The number of hydrazone groups is 1. The summed E-state index contributed by atoms with van der Waals surface area (Å²) < 4.78 is 12.4. The van der Waals surface area contributed by atoms with Crippen molar-refractivity contribution in [2.75, 3.05) is 0 Å². The molecule has 2 fully saturated rings. The number of nitrogens with zero attached hydrogens (tertiary/aromatic N) is 1. The molecule has 9 atom stereocenters. The van der Waals surface area contributed by atoms with Crippen LogP contribution in [-0.4, -0.2) is 35.9 Å². The van der Waals surface area contributed by atoms with Crippen molar-refractivity contribution in [3.8, 4) is 0 Å². The van der Waals surface area contributed by atoms with Gasteiger partial charge in [-0.2, -0.15) is 5.10 Å². The van der Waals surface area contributed by atoms with Crippen molar-refractivity contribution in [3.63, 3.8) is 0 Å². The number of ether oxygens (including phenoxy) is 2. The van der Waals surface area contributed by atoms with Gasteiger partial charge in [-0.1, -0.05) is 66.9 Å². The highest BCUT2D eigenvalue weighted by Gasteiger charge is 2.46. The number of allylic oxidation sites excluding steroid dienone is 1. The first-order valence-electron chi connectivity index (χ1n) is 15.0. The predicted octanol–water partition coefficient (Wildman–Crippen LogP) is 5.85. The number of primary amides is 1. The van der Waals surface area contributed by atoms with Gasteiger partial charge in [0, 0.05) is 0 Å². The maximum atomic E-state index is 13.8. The molecule has 0 radical (unpaired) electrons. The van der Waals surface area contributed by atoms with Crippen LogP contribution in [-0.2, 0) is 19.1 Å². The Morgan fingerprint density at radius 2 is 1.31 bits per heavy atom. The summed E-state index contributed by atoms with van der Waals surface area (Å²) in [6.07, 6.45) is 7.40. The molecule has 0 aromatic heterocycles. The van der Waals surface area contributed by atoms with E-state index in [-0.39, 0.29) is 24.1 Å². The zero-order valence-corrected chi connectivity index (χ0v) is 25.2. The second kappa shape index (κ2) is 13.3. The Hall–Kier alpha value is -2.38. The van der Waals surface area contributed by atoms with Gasteiger partial charge in [-0.15, -0.1) is 0 Å². The topological polar surface area (TPSA) is 120 Å². The van der Waals surface area contributed by atoms with Crippen molar-refractivity contribution in [2.24, 2.45) is 64.1 Å². The molecule has 3 rings (SSSR count). The summed E-state index contributed by atoms with van der Waals surface area (Å²) in [4.78, 5) is 39.0. The Balaban J connectivity index is 1.88. The van der Waals surface area contributed by atoms with E-state index in [1.807, 2.05) is 13.8 Å². The number of rotatable bonds is 7. The summed E-state index contributed by atoms with van der Waals surface area (Å²) >= 11 is 0. The van der Waals surface area contributed by atoms with E-state index < -0.39 is 29.8 Å². The van der Waals surface area contributed by atoms with E-state index in [9.17, 15) is 14.4 Å². The molecule has 8 heteroatoms. The first-order chi connectivity index (χ1) is 18.3. The van der Waals surface area contributed by atoms with Gasteiger partial charge in [0.2, 0.25) is 0 Å². The number of esters is 2. The van der Waals surface area contributed by atoms with Crippen LogP contribution in [0.3, 0.4) is 0 Å². The molecule has 3 aliphatic rings. The van der Waals surface area contributed by atoms with Gasteiger partial charge in [-0.3, -0.25) is 9.59 Å². The number of urea groups is 1. The number of carbonyl (C=O) groups excluding carboxylic acids is 3. The maximum absolute atomic E-state index is 13.8. The standard InChI is InChI=1S/C31H51N3O5/c1-16(2)22-11-9-18(5)13-25(22)38-29(35)27-20(7)15-24(33-34-31(32)37)28(21(27)8)30(36)39-26-14-19(6)10-12-23(26)17(3)4/h15-19,21-23,25-28H,9-14H2,1-8H3,(H3,32,34,37)/b33-24-/t18-,19-,21-,22-,23-,25-,26-,27-,28-/m1/s1. The lowest BCUT2D eigenvalue weighted by Crippen LogP contribution is -2.46. The molecule has 3 N–H and O–H groups in total. The molecule has 0 bridgehead atoms. The van der Waals surface area contributed by atoms with Crippen LogP contribution in [0.4, 0.5) is 4.79 Å². The van der Waals surface area contributed by atoms with E-state index in [1.165, 1.54) is 0 Å². The summed E-state index contributed by atoms with van der Waals surface area (Å²) in [7, 11) is 0. The summed E-state index contributed by atoms with van der Waals surface area (Å²) in [6, 6.07) is -0.818. The molecule has 2 saturated carbocycles. The second-order valence-corrected chi connectivity index (χ2v) is 13.3. The Morgan fingerprint density at radius 3 is 1.74 bits per heavy atom. The lowest BCUT2D eigenvalue weighted by molar-refractivity contribution is -0.165. The molecule has 220 valence electrons. The van der Waals surface area contributed by atoms with Crippen molar-refractivity contribution < 1.29 is 23.9 Å². The molecule has 2 amide bonds. The summed E-state index contributed by atoms with van der Waals surface area (Å²) in [5, 5.41) is 4.17. The van der Waals surface area contributed by atoms with Gasteiger partial charge >= 0.3 is 18.0 Å². The molecule has 0 saturated heterocycles. The van der Waals surface area contributed by atoms with Crippen LogP contribution in [0.1, 0.15) is 93.9 Å². The molecule has 0 heterocycles. The Morgan fingerprint density at radius 1 is 0.846 bits per heavy atom. The van der Waals surface area contributed by atoms with Crippen LogP contribution in [0.15, 0.2) is 16.8 Å². The van der Waals surface area contributed by atoms with Crippen molar-refractivity contribution in [3.05, 3.63) is 11.6 Å². The highest BCUT2D eigenvalue weighted by atomic mass is 16.5. The molecule has 0 unspecified atom stereocenters. The largest absolute Gasteiger partial charge is 0.462 e. The minimum absolute atomic E-state index is 0.131. The van der Waals surface area contributed by atoms with Crippen LogP contribution < -0.4 is 11.2 Å². The number of hydrogen-bond donors (Lipinski definition) is 2. The van der Waals surface area contributed by atoms with Gasteiger partial charge in [0.15, 0.2) is 0 Å². The average molecular weight is 546 g/mol. The van der Waals surface area contributed by atoms with E-state index in [4.69, 9.17) is 15.2 Å². The predicted molar refractivity (Wildman–Crippen MR) is 153 cm³/mol. The lowest BCUT2D eigenvalue weighted by Gasteiger charge is -2.40. The van der Waals surface area contributed by atoms with Gasteiger partial charge in [-0.05, 0) is 80.1 Å². The molecular weight excluding hydrogens is 494 g/mol. The smallest absolute Gasteiger partial charge is 0.332 e. The Labute approximate surface area is 234 Å². The third kappa shape index (κ3) is 7.63. The number of carbonyl (C=O) groups is 3. The fourth-order valence-corrected chi connectivity index (χ4v) is 7.19. The number of nitrogens with two attached hydrogens (primary N) is 1. The van der Waals surface area contributed by atoms with Crippen molar-refractivity contribution in [2.45, 2.75) is 106 Å². The lowest BCUT2D eigenvalue weighted by atomic mass is 9.71. The molecule has 3 aliphatic carbocycles. The summed E-state index contributed by atoms with van der Waals surface area (Å²) in [5.41, 5.74) is 8.65. The maximum Gasteiger partial charge on any atom is 0.332 e. The third-order valence-electron chi connectivity index (χ3n) is 9.50. The third-order valence-corrected chi connectivity index (χ3v) is 9.50.